The van der Waals surface area contributed by atoms with Crippen molar-refractivity contribution in [2.75, 3.05) is 0 Å². The molecule has 0 saturated carbocycles. The minimum absolute atomic E-state index is 0.00582. The van der Waals surface area contributed by atoms with E-state index < -0.39 is 0 Å². The molecule has 0 aliphatic heterocycles. The second-order valence-electron chi connectivity index (χ2n) is 6.70. The van der Waals surface area contributed by atoms with E-state index in [1.54, 1.807) is 28.2 Å². The molecule has 6 heteroatoms. The Morgan fingerprint density at radius 1 is 1.07 bits per heavy atom. The number of thiophene rings is 1. The Morgan fingerprint density at radius 3 is 2.59 bits per heavy atom. The number of aromatic nitrogens is 2. The summed E-state index contributed by atoms with van der Waals surface area (Å²) in [6.07, 6.45) is 3.08. The second kappa shape index (κ2) is 8.84. The van der Waals surface area contributed by atoms with Gasteiger partial charge >= 0.3 is 0 Å². The molecule has 1 amide bonds. The van der Waals surface area contributed by atoms with Crippen molar-refractivity contribution < 1.29 is 9.18 Å². The van der Waals surface area contributed by atoms with Crippen LogP contribution >= 0.6 is 11.3 Å². The van der Waals surface area contributed by atoms with Crippen molar-refractivity contribution in [2.45, 2.75) is 19.4 Å². The normalized spacial score (nSPS) is 10.8. The molecule has 0 aliphatic rings. The summed E-state index contributed by atoms with van der Waals surface area (Å²) in [7, 11) is 0. The molecule has 0 bridgehead atoms. The number of carbonyl (C=O) groups excluding carboxylic acids is 1. The van der Waals surface area contributed by atoms with Gasteiger partial charge in [-0.1, -0.05) is 18.2 Å². The highest BCUT2D eigenvalue weighted by atomic mass is 32.1. The van der Waals surface area contributed by atoms with Crippen molar-refractivity contribution in [3.63, 3.8) is 0 Å². The number of para-hydroxylation sites is 1. The van der Waals surface area contributed by atoms with E-state index in [0.29, 0.717) is 13.0 Å². The second-order valence-corrected chi connectivity index (χ2v) is 7.48. The predicted molar refractivity (Wildman–Crippen MR) is 113 cm³/mol. The van der Waals surface area contributed by atoms with Crippen LogP contribution in [0, 0.1) is 5.82 Å². The maximum Gasteiger partial charge on any atom is 0.220 e. The third-order valence-electron chi connectivity index (χ3n) is 4.63. The molecule has 4 rings (SSSR count). The average Bonchev–Trinajstić information content (AvgIpc) is 3.42. The van der Waals surface area contributed by atoms with Crippen LogP contribution in [0.2, 0.25) is 0 Å². The van der Waals surface area contributed by atoms with Gasteiger partial charge in [-0.2, -0.15) is 16.4 Å². The highest BCUT2D eigenvalue weighted by Gasteiger charge is 2.13. The van der Waals surface area contributed by atoms with Gasteiger partial charge in [-0.15, -0.1) is 0 Å². The predicted octanol–water partition coefficient (Wildman–Crippen LogP) is 4.99. The molecule has 0 spiro atoms. The van der Waals surface area contributed by atoms with E-state index in [2.05, 4.69) is 15.8 Å². The van der Waals surface area contributed by atoms with Gasteiger partial charge in [0, 0.05) is 30.3 Å². The first-order valence-corrected chi connectivity index (χ1v) is 10.3. The highest BCUT2D eigenvalue weighted by Crippen LogP contribution is 2.24. The highest BCUT2D eigenvalue weighted by molar-refractivity contribution is 7.07. The zero-order valence-electron chi connectivity index (χ0n) is 15.7. The van der Waals surface area contributed by atoms with Crippen LogP contribution < -0.4 is 5.32 Å². The fourth-order valence-electron chi connectivity index (χ4n) is 3.08. The molecule has 0 unspecified atom stereocenters. The number of nitrogens with zero attached hydrogens (tertiary/aromatic N) is 2. The lowest BCUT2D eigenvalue weighted by Crippen LogP contribution is -2.23. The Kier molecular flexibility index (Phi) is 5.81. The number of amides is 1. The molecule has 146 valence electrons. The lowest BCUT2D eigenvalue weighted by atomic mass is 10.1. The van der Waals surface area contributed by atoms with Crippen molar-refractivity contribution >= 4 is 17.2 Å². The Labute approximate surface area is 172 Å². The summed E-state index contributed by atoms with van der Waals surface area (Å²) in [4.78, 5) is 12.3. The maximum absolute atomic E-state index is 13.3. The molecule has 0 atom stereocenters. The van der Waals surface area contributed by atoms with Gasteiger partial charge < -0.3 is 5.32 Å². The van der Waals surface area contributed by atoms with E-state index in [-0.39, 0.29) is 11.7 Å². The molecule has 2 aromatic heterocycles. The van der Waals surface area contributed by atoms with E-state index in [0.717, 1.165) is 28.9 Å². The summed E-state index contributed by atoms with van der Waals surface area (Å²) < 4.78 is 15.1. The van der Waals surface area contributed by atoms with Crippen molar-refractivity contribution in [3.8, 4) is 16.9 Å². The largest absolute Gasteiger partial charge is 0.352 e. The number of hydrogen-bond donors (Lipinski definition) is 1. The van der Waals surface area contributed by atoms with Crippen molar-refractivity contribution in [2.24, 2.45) is 0 Å². The van der Waals surface area contributed by atoms with Crippen LogP contribution in [0.1, 0.15) is 17.5 Å². The summed E-state index contributed by atoms with van der Waals surface area (Å²) in [5.41, 5.74) is 4.51. The molecule has 4 nitrogen and oxygen atoms in total. The van der Waals surface area contributed by atoms with Crippen LogP contribution in [0.15, 0.2) is 77.6 Å². The lowest BCUT2D eigenvalue weighted by molar-refractivity contribution is -0.121. The molecule has 2 aromatic carbocycles. The number of aryl methyl sites for hydroxylation is 1. The average molecular weight is 405 g/mol. The first-order chi connectivity index (χ1) is 14.2. The van der Waals surface area contributed by atoms with Gasteiger partial charge in [0.05, 0.1) is 11.4 Å². The summed E-state index contributed by atoms with van der Waals surface area (Å²) in [6.45, 7) is 0.363. The topological polar surface area (TPSA) is 46.9 Å². The number of benzene rings is 2. The molecular formula is C23H20FN3OS. The maximum atomic E-state index is 13.3. The molecule has 1 N–H and O–H groups in total. The number of rotatable bonds is 7. The van der Waals surface area contributed by atoms with Gasteiger partial charge in [-0.05, 0) is 65.2 Å². The van der Waals surface area contributed by atoms with Crippen LogP contribution in [0.25, 0.3) is 16.9 Å². The smallest absolute Gasteiger partial charge is 0.220 e. The summed E-state index contributed by atoms with van der Waals surface area (Å²) in [5.74, 6) is -0.298. The lowest BCUT2D eigenvalue weighted by Gasteiger charge is -2.05. The van der Waals surface area contributed by atoms with Gasteiger partial charge in [-0.3, -0.25) is 4.79 Å². The first-order valence-electron chi connectivity index (χ1n) is 9.37. The molecule has 0 fully saturated rings. The quantitative estimate of drug-likeness (QED) is 0.471. The van der Waals surface area contributed by atoms with Crippen molar-refractivity contribution in [1.82, 2.24) is 15.1 Å². The van der Waals surface area contributed by atoms with E-state index >= 15 is 0 Å². The number of carbonyl (C=O) groups is 1. The molecule has 29 heavy (non-hydrogen) atoms. The Morgan fingerprint density at radius 2 is 1.86 bits per heavy atom. The summed E-state index contributed by atoms with van der Waals surface area (Å²) in [5, 5.41) is 11.7. The molecule has 0 saturated heterocycles. The van der Waals surface area contributed by atoms with Gasteiger partial charge in [-0.25, -0.2) is 9.07 Å². The van der Waals surface area contributed by atoms with Crippen molar-refractivity contribution in [1.29, 1.82) is 0 Å². The van der Waals surface area contributed by atoms with Crippen molar-refractivity contribution in [3.05, 3.63) is 94.6 Å². The molecular weight excluding hydrogens is 385 g/mol. The van der Waals surface area contributed by atoms with Crippen LogP contribution in [0.3, 0.4) is 0 Å². The third kappa shape index (κ3) is 4.78. The fraction of sp³-hybridized carbons (Fsp3) is 0.130. The summed E-state index contributed by atoms with van der Waals surface area (Å²) in [6, 6.07) is 18.0. The zero-order valence-corrected chi connectivity index (χ0v) is 16.5. The van der Waals surface area contributed by atoms with Crippen LogP contribution in [-0.4, -0.2) is 15.7 Å². The van der Waals surface area contributed by atoms with E-state index in [4.69, 9.17) is 0 Å². The molecule has 2 heterocycles. The third-order valence-corrected chi connectivity index (χ3v) is 5.36. The minimum Gasteiger partial charge on any atom is -0.352 e. The van der Waals surface area contributed by atoms with Gasteiger partial charge in [0.2, 0.25) is 5.91 Å². The van der Waals surface area contributed by atoms with E-state index in [9.17, 15) is 9.18 Å². The standard InChI is InChI=1S/C23H20FN3OS/c24-20-9-7-18(8-10-20)23-19(15-27(26-23)21-4-2-1-3-5-21)14-25-22(28)11-6-17-12-13-29-16-17/h1-5,7-10,12-13,15-16H,6,11,14H2,(H,25,28). The minimum atomic E-state index is -0.292. The van der Waals surface area contributed by atoms with Crippen LogP contribution in [0.5, 0.6) is 0 Å². The summed E-state index contributed by atoms with van der Waals surface area (Å²) >= 11 is 1.63. The van der Waals surface area contributed by atoms with Gasteiger partial charge in [0.25, 0.3) is 0 Å². The molecule has 0 radical (unpaired) electrons. The SMILES string of the molecule is O=C(CCc1ccsc1)NCc1cn(-c2ccccc2)nc1-c1ccc(F)cc1. The monoisotopic (exact) mass is 405 g/mol. The fourth-order valence-corrected chi connectivity index (χ4v) is 3.78. The number of hydrogen-bond acceptors (Lipinski definition) is 3. The number of halogens is 1. The Balaban J connectivity index is 1.53. The Hall–Kier alpha value is -3.25. The molecule has 4 aromatic rings. The van der Waals surface area contributed by atoms with Crippen LogP contribution in [-0.2, 0) is 17.8 Å². The number of nitrogens with one attached hydrogen (secondary N) is 1. The van der Waals surface area contributed by atoms with E-state index in [1.807, 2.05) is 48.0 Å². The van der Waals surface area contributed by atoms with Crippen LogP contribution in [0.4, 0.5) is 4.39 Å². The first kappa shape index (κ1) is 19.1. The zero-order chi connectivity index (χ0) is 20.1. The Bertz CT molecular complexity index is 1070. The van der Waals surface area contributed by atoms with Gasteiger partial charge in [0.1, 0.15) is 5.82 Å². The molecule has 0 aliphatic carbocycles. The van der Waals surface area contributed by atoms with E-state index in [1.165, 1.54) is 17.7 Å². The van der Waals surface area contributed by atoms with Gasteiger partial charge in [0.15, 0.2) is 0 Å².